The summed E-state index contributed by atoms with van der Waals surface area (Å²) in [5, 5.41) is 3.99. The smallest absolute Gasteiger partial charge is 0.310 e. The molecule has 264 valence electrons. The van der Waals surface area contributed by atoms with Gasteiger partial charge in [-0.15, -0.1) is 6.42 Å². The Kier molecular flexibility index (Phi) is 11.4. The van der Waals surface area contributed by atoms with Crippen LogP contribution in [0.15, 0.2) is 95.7 Å². The molecule has 1 aliphatic rings. The highest BCUT2D eigenvalue weighted by Gasteiger charge is 2.26. The minimum atomic E-state index is -1.09. The van der Waals surface area contributed by atoms with Gasteiger partial charge in [0.25, 0.3) is 0 Å². The Balaban J connectivity index is 1.15. The zero-order chi connectivity index (χ0) is 36.6. The van der Waals surface area contributed by atoms with Crippen molar-refractivity contribution < 1.29 is 32.3 Å². The van der Waals surface area contributed by atoms with E-state index in [-0.39, 0.29) is 26.2 Å². The molecule has 0 amide bonds. The number of halogens is 1. The number of hydrogen-bond donors (Lipinski definition) is 1. The van der Waals surface area contributed by atoms with Crippen LogP contribution in [0.5, 0.6) is 11.5 Å². The number of ether oxygens (including phenoxy) is 4. The van der Waals surface area contributed by atoms with E-state index < -0.39 is 22.6 Å². The van der Waals surface area contributed by atoms with E-state index in [4.69, 9.17) is 25.4 Å². The average molecular weight is 718 g/mol. The summed E-state index contributed by atoms with van der Waals surface area (Å²) in [4.78, 5) is 22.7. The fraction of sp³-hybridized carbons (Fsp3) is 0.195. The standard InChI is InChI=1S/C41H36FN3O6S/c1-5-27-7-6-8-30(19-27)45-41-36-22-38(49-16-15-48-3)39(24-37(36)43-25-44-41)50-17-18-51-40(46)23-34-26(2)33(32-14-11-29(42)21-35(32)34)20-28-9-12-31(13-10-28)52(4)47/h1,6-14,19-22,24-25H,15-18,23H2,2-4H3,(H,43,44,45)/b33-20+. The molecule has 11 heteroatoms. The van der Waals surface area contributed by atoms with Crippen molar-refractivity contribution in [1.82, 2.24) is 9.97 Å². The minimum Gasteiger partial charge on any atom is -0.487 e. The molecule has 0 aliphatic heterocycles. The summed E-state index contributed by atoms with van der Waals surface area (Å²) in [6, 6.07) is 22.9. The molecule has 1 unspecified atom stereocenters. The lowest BCUT2D eigenvalue weighted by molar-refractivity contribution is -0.143. The van der Waals surface area contributed by atoms with Crippen molar-refractivity contribution in [1.29, 1.82) is 0 Å². The first kappa shape index (κ1) is 36.0. The molecule has 0 saturated heterocycles. The number of rotatable bonds is 14. The molecule has 0 saturated carbocycles. The predicted molar refractivity (Wildman–Crippen MR) is 201 cm³/mol. The number of carbonyl (C=O) groups excluding carboxylic acids is 1. The Morgan fingerprint density at radius 1 is 0.942 bits per heavy atom. The number of allylic oxidation sites excluding steroid dienone is 2. The highest BCUT2D eigenvalue weighted by molar-refractivity contribution is 7.84. The van der Waals surface area contributed by atoms with Gasteiger partial charge in [0.1, 0.15) is 37.8 Å². The molecule has 1 aromatic heterocycles. The van der Waals surface area contributed by atoms with Crippen LogP contribution in [0.2, 0.25) is 0 Å². The van der Waals surface area contributed by atoms with Gasteiger partial charge in [-0.1, -0.05) is 30.2 Å². The predicted octanol–water partition coefficient (Wildman–Crippen LogP) is 7.60. The van der Waals surface area contributed by atoms with Crippen LogP contribution in [0.1, 0.15) is 35.6 Å². The molecule has 1 aliphatic carbocycles. The van der Waals surface area contributed by atoms with Crippen molar-refractivity contribution in [3.8, 4) is 23.8 Å². The molecule has 5 aromatic rings. The number of methoxy groups -OCH3 is 1. The van der Waals surface area contributed by atoms with E-state index in [1.807, 2.05) is 61.5 Å². The number of anilines is 2. The summed E-state index contributed by atoms with van der Waals surface area (Å²) in [5.41, 5.74) is 6.90. The number of carbonyl (C=O) groups is 1. The average Bonchev–Trinajstić information content (AvgIpc) is 3.39. The van der Waals surface area contributed by atoms with Gasteiger partial charge in [0.05, 0.1) is 18.5 Å². The molecular weight excluding hydrogens is 682 g/mol. The van der Waals surface area contributed by atoms with E-state index in [9.17, 15) is 13.4 Å². The Morgan fingerprint density at radius 2 is 1.71 bits per heavy atom. The molecule has 1 heterocycles. The van der Waals surface area contributed by atoms with E-state index in [1.165, 1.54) is 18.5 Å². The van der Waals surface area contributed by atoms with Gasteiger partial charge >= 0.3 is 5.97 Å². The normalized spacial score (nSPS) is 13.5. The number of hydrogen-bond acceptors (Lipinski definition) is 9. The maximum absolute atomic E-state index is 14.4. The van der Waals surface area contributed by atoms with Crippen LogP contribution in [0.3, 0.4) is 0 Å². The number of benzene rings is 4. The quantitative estimate of drug-likeness (QED) is 0.0706. The van der Waals surface area contributed by atoms with E-state index in [0.29, 0.717) is 46.0 Å². The lowest BCUT2D eigenvalue weighted by atomic mass is 10.0. The lowest BCUT2D eigenvalue weighted by Crippen LogP contribution is -2.13. The van der Waals surface area contributed by atoms with Crippen molar-refractivity contribution >= 4 is 56.4 Å². The molecule has 0 bridgehead atoms. The Bertz CT molecular complexity index is 2260. The zero-order valence-electron chi connectivity index (χ0n) is 28.9. The zero-order valence-corrected chi connectivity index (χ0v) is 29.7. The number of esters is 1. The van der Waals surface area contributed by atoms with Crippen molar-refractivity contribution in [2.24, 2.45) is 0 Å². The SMILES string of the molecule is C#Cc1cccc(Nc2ncnc3cc(OCCOC(=O)CC4=C(C)/C(=C\c5ccc(S(C)=O)cc5)c5ccc(F)cc54)c(OCCOC)cc23)c1. The number of terminal acetylenes is 1. The summed E-state index contributed by atoms with van der Waals surface area (Å²) in [6.45, 7) is 2.55. The fourth-order valence-electron chi connectivity index (χ4n) is 5.85. The van der Waals surface area contributed by atoms with Crippen molar-refractivity contribution in [3.05, 3.63) is 119 Å². The van der Waals surface area contributed by atoms with Crippen molar-refractivity contribution in [2.75, 3.05) is 45.1 Å². The fourth-order valence-corrected chi connectivity index (χ4v) is 6.37. The summed E-state index contributed by atoms with van der Waals surface area (Å²) in [7, 11) is 0.498. The van der Waals surface area contributed by atoms with Gasteiger partial charge < -0.3 is 24.3 Å². The van der Waals surface area contributed by atoms with Gasteiger partial charge in [-0.05, 0) is 94.9 Å². The van der Waals surface area contributed by atoms with Crippen molar-refractivity contribution in [3.63, 3.8) is 0 Å². The Hall–Kier alpha value is -5.83. The first-order chi connectivity index (χ1) is 25.2. The first-order valence-electron chi connectivity index (χ1n) is 16.4. The van der Waals surface area contributed by atoms with Gasteiger partial charge in [-0.2, -0.15) is 0 Å². The second-order valence-electron chi connectivity index (χ2n) is 11.9. The third-order valence-corrected chi connectivity index (χ3v) is 9.38. The Labute approximate surface area is 304 Å². The maximum Gasteiger partial charge on any atom is 0.310 e. The molecule has 1 N–H and O–H groups in total. The number of nitrogens with zero attached hydrogens (tertiary/aromatic N) is 2. The molecule has 52 heavy (non-hydrogen) atoms. The third-order valence-electron chi connectivity index (χ3n) is 8.44. The molecule has 0 radical (unpaired) electrons. The second kappa shape index (κ2) is 16.5. The third kappa shape index (κ3) is 8.37. The summed E-state index contributed by atoms with van der Waals surface area (Å²) < 4.78 is 49.0. The van der Waals surface area contributed by atoms with Gasteiger partial charge in [-0.3, -0.25) is 9.00 Å². The largest absolute Gasteiger partial charge is 0.487 e. The van der Waals surface area contributed by atoms with E-state index in [0.717, 1.165) is 38.4 Å². The van der Waals surface area contributed by atoms with Crippen LogP contribution < -0.4 is 14.8 Å². The van der Waals surface area contributed by atoms with E-state index >= 15 is 0 Å². The van der Waals surface area contributed by atoms with Crippen LogP contribution in [0.4, 0.5) is 15.9 Å². The van der Waals surface area contributed by atoms with Gasteiger partial charge in [-0.25, -0.2) is 14.4 Å². The van der Waals surface area contributed by atoms with Gasteiger partial charge in [0.2, 0.25) is 0 Å². The van der Waals surface area contributed by atoms with Crippen LogP contribution >= 0.6 is 0 Å². The number of fused-ring (bicyclic) bond motifs is 2. The van der Waals surface area contributed by atoms with Gasteiger partial charge in [0, 0.05) is 51.8 Å². The van der Waals surface area contributed by atoms with Crippen LogP contribution in [0.25, 0.3) is 28.1 Å². The maximum atomic E-state index is 14.4. The lowest BCUT2D eigenvalue weighted by Gasteiger charge is -2.15. The van der Waals surface area contributed by atoms with E-state index in [2.05, 4.69) is 21.2 Å². The topological polar surface area (TPSA) is 109 Å². The molecule has 0 spiro atoms. The Morgan fingerprint density at radius 3 is 2.46 bits per heavy atom. The van der Waals surface area contributed by atoms with E-state index in [1.54, 1.807) is 31.6 Å². The molecule has 1 atom stereocenters. The first-order valence-corrected chi connectivity index (χ1v) is 18.0. The minimum absolute atomic E-state index is 0.0351. The van der Waals surface area contributed by atoms with Crippen LogP contribution in [-0.2, 0) is 25.1 Å². The second-order valence-corrected chi connectivity index (χ2v) is 13.2. The number of nitrogens with one attached hydrogen (secondary N) is 1. The summed E-state index contributed by atoms with van der Waals surface area (Å²) in [5.74, 6) is 3.16. The summed E-state index contributed by atoms with van der Waals surface area (Å²) in [6.07, 6.45) is 10.6. The van der Waals surface area contributed by atoms with Crippen LogP contribution in [-0.4, -0.2) is 59.9 Å². The monoisotopic (exact) mass is 717 g/mol. The van der Waals surface area contributed by atoms with Crippen molar-refractivity contribution in [2.45, 2.75) is 18.2 Å². The van der Waals surface area contributed by atoms with Gasteiger partial charge in [0.15, 0.2) is 11.5 Å². The highest BCUT2D eigenvalue weighted by atomic mass is 32.2. The van der Waals surface area contributed by atoms with Crippen LogP contribution in [0, 0.1) is 18.2 Å². The highest BCUT2D eigenvalue weighted by Crippen LogP contribution is 2.44. The molecule has 4 aromatic carbocycles. The number of aromatic nitrogens is 2. The molecular formula is C41H36FN3O6S. The summed E-state index contributed by atoms with van der Waals surface area (Å²) >= 11 is 0. The molecule has 0 fully saturated rings. The molecule has 9 nitrogen and oxygen atoms in total. The molecule has 6 rings (SSSR count).